The maximum Gasteiger partial charge on any atom is 0.328 e. The van der Waals surface area contributed by atoms with E-state index in [0.717, 1.165) is 6.42 Å². The van der Waals surface area contributed by atoms with Crippen molar-refractivity contribution in [3.63, 3.8) is 0 Å². The molecule has 0 radical (unpaired) electrons. The largest absolute Gasteiger partial charge is 0.464 e. The van der Waals surface area contributed by atoms with E-state index in [1.165, 1.54) is 0 Å². The van der Waals surface area contributed by atoms with Crippen LogP contribution in [0.3, 0.4) is 0 Å². The highest BCUT2D eigenvalue weighted by Gasteiger charge is 2.22. The fourth-order valence-electron chi connectivity index (χ4n) is 1.26. The molecule has 2 atom stereocenters. The van der Waals surface area contributed by atoms with Crippen molar-refractivity contribution in [3.05, 3.63) is 12.3 Å². The molecule has 0 aromatic heterocycles. The van der Waals surface area contributed by atoms with Gasteiger partial charge in [-0.05, 0) is 25.5 Å². The van der Waals surface area contributed by atoms with Gasteiger partial charge in [0.15, 0.2) is 0 Å². The summed E-state index contributed by atoms with van der Waals surface area (Å²) in [6.45, 7) is 4.36. The molecule has 1 heterocycles. The second-order valence-corrected chi connectivity index (χ2v) is 3.04. The molecule has 12 heavy (non-hydrogen) atoms. The van der Waals surface area contributed by atoms with Crippen LogP contribution in [0.5, 0.6) is 0 Å². The van der Waals surface area contributed by atoms with Crippen molar-refractivity contribution in [1.82, 2.24) is 5.32 Å². The van der Waals surface area contributed by atoms with Gasteiger partial charge < -0.3 is 10.1 Å². The Hall–Kier alpha value is -0.990. The molecule has 1 aliphatic heterocycles. The van der Waals surface area contributed by atoms with Crippen LogP contribution < -0.4 is 5.32 Å². The monoisotopic (exact) mass is 169 g/mol. The SMILES string of the molecule is CCOC(=O)C1CC(C)C=CN1. The van der Waals surface area contributed by atoms with Gasteiger partial charge in [0.05, 0.1) is 6.61 Å². The highest BCUT2D eigenvalue weighted by molar-refractivity contribution is 5.76. The molecule has 2 unspecified atom stereocenters. The quantitative estimate of drug-likeness (QED) is 0.628. The molecule has 3 heteroatoms. The molecule has 0 saturated carbocycles. The third-order valence-corrected chi connectivity index (χ3v) is 1.90. The summed E-state index contributed by atoms with van der Waals surface area (Å²) in [5, 5.41) is 2.98. The zero-order chi connectivity index (χ0) is 8.97. The number of rotatable bonds is 2. The van der Waals surface area contributed by atoms with Crippen LogP contribution in [-0.4, -0.2) is 18.6 Å². The Morgan fingerprint density at radius 2 is 2.50 bits per heavy atom. The predicted molar refractivity (Wildman–Crippen MR) is 46.5 cm³/mol. The molecule has 1 N–H and O–H groups in total. The van der Waals surface area contributed by atoms with Crippen LogP contribution in [0.15, 0.2) is 12.3 Å². The number of allylic oxidation sites excluding steroid dienone is 1. The van der Waals surface area contributed by atoms with Crippen LogP contribution in [0.1, 0.15) is 20.3 Å². The van der Waals surface area contributed by atoms with E-state index in [1.54, 1.807) is 0 Å². The van der Waals surface area contributed by atoms with E-state index in [0.29, 0.717) is 12.5 Å². The van der Waals surface area contributed by atoms with E-state index in [2.05, 4.69) is 18.3 Å². The lowest BCUT2D eigenvalue weighted by molar-refractivity contribution is -0.145. The van der Waals surface area contributed by atoms with Crippen molar-refractivity contribution in [2.24, 2.45) is 5.92 Å². The number of carbonyl (C=O) groups excluding carboxylic acids is 1. The van der Waals surface area contributed by atoms with Gasteiger partial charge in [0, 0.05) is 0 Å². The first-order valence-electron chi connectivity index (χ1n) is 4.33. The average Bonchev–Trinajstić information content (AvgIpc) is 2.05. The van der Waals surface area contributed by atoms with Gasteiger partial charge in [0.25, 0.3) is 0 Å². The lowest BCUT2D eigenvalue weighted by atomic mass is 9.99. The molecule has 1 rings (SSSR count). The molecule has 0 spiro atoms. The number of ether oxygens (including phenoxy) is 1. The van der Waals surface area contributed by atoms with Crippen LogP contribution in [-0.2, 0) is 9.53 Å². The number of hydrogen-bond donors (Lipinski definition) is 1. The van der Waals surface area contributed by atoms with E-state index in [1.807, 2.05) is 13.1 Å². The number of esters is 1. The Balaban J connectivity index is 2.43. The van der Waals surface area contributed by atoms with Crippen molar-refractivity contribution >= 4 is 5.97 Å². The summed E-state index contributed by atoms with van der Waals surface area (Å²) in [5.74, 6) is 0.314. The van der Waals surface area contributed by atoms with Gasteiger partial charge in [0.2, 0.25) is 0 Å². The molecule has 0 aromatic carbocycles. The highest BCUT2D eigenvalue weighted by Crippen LogP contribution is 2.12. The third kappa shape index (κ3) is 2.26. The standard InChI is InChI=1S/C9H15NO2/c1-3-12-9(11)8-6-7(2)4-5-10-8/h4-5,7-8,10H,3,6H2,1-2H3. The first-order valence-corrected chi connectivity index (χ1v) is 4.33. The van der Waals surface area contributed by atoms with Crippen LogP contribution in [0.4, 0.5) is 0 Å². The molecule has 0 aliphatic carbocycles. The molecule has 0 fully saturated rings. The summed E-state index contributed by atoms with van der Waals surface area (Å²) in [7, 11) is 0. The Kier molecular flexibility index (Phi) is 3.14. The Morgan fingerprint density at radius 3 is 3.08 bits per heavy atom. The molecule has 1 aliphatic rings. The molecular formula is C9H15NO2. The Morgan fingerprint density at radius 1 is 1.75 bits per heavy atom. The van der Waals surface area contributed by atoms with Crippen LogP contribution >= 0.6 is 0 Å². The minimum atomic E-state index is -0.148. The first kappa shape index (κ1) is 9.10. The van der Waals surface area contributed by atoms with Crippen molar-refractivity contribution in [2.45, 2.75) is 26.3 Å². The van der Waals surface area contributed by atoms with Crippen molar-refractivity contribution in [1.29, 1.82) is 0 Å². The average molecular weight is 169 g/mol. The van der Waals surface area contributed by atoms with Gasteiger partial charge in [-0.1, -0.05) is 13.0 Å². The Labute approximate surface area is 72.8 Å². The lowest BCUT2D eigenvalue weighted by Crippen LogP contribution is -2.38. The van der Waals surface area contributed by atoms with Gasteiger partial charge >= 0.3 is 5.97 Å². The van der Waals surface area contributed by atoms with Gasteiger partial charge in [-0.15, -0.1) is 0 Å². The summed E-state index contributed by atoms with van der Waals surface area (Å²) in [6, 6.07) is -0.148. The van der Waals surface area contributed by atoms with Crippen LogP contribution in [0.2, 0.25) is 0 Å². The van der Waals surface area contributed by atoms with Crippen molar-refractivity contribution < 1.29 is 9.53 Å². The summed E-state index contributed by atoms with van der Waals surface area (Å²) in [4.78, 5) is 11.2. The third-order valence-electron chi connectivity index (χ3n) is 1.90. The van der Waals surface area contributed by atoms with E-state index in [9.17, 15) is 4.79 Å². The highest BCUT2D eigenvalue weighted by atomic mass is 16.5. The van der Waals surface area contributed by atoms with E-state index < -0.39 is 0 Å². The van der Waals surface area contributed by atoms with Gasteiger partial charge in [-0.3, -0.25) is 0 Å². The van der Waals surface area contributed by atoms with Crippen LogP contribution in [0, 0.1) is 5.92 Å². The van der Waals surface area contributed by atoms with Crippen molar-refractivity contribution in [3.8, 4) is 0 Å². The van der Waals surface area contributed by atoms with Crippen molar-refractivity contribution in [2.75, 3.05) is 6.61 Å². The fraction of sp³-hybridized carbons (Fsp3) is 0.667. The molecule has 68 valence electrons. The summed E-state index contributed by atoms with van der Waals surface area (Å²) < 4.78 is 4.89. The Bertz CT molecular complexity index is 189. The number of hydrogen-bond acceptors (Lipinski definition) is 3. The smallest absolute Gasteiger partial charge is 0.328 e. The van der Waals surface area contributed by atoms with E-state index >= 15 is 0 Å². The van der Waals surface area contributed by atoms with Gasteiger partial charge in [-0.25, -0.2) is 4.79 Å². The predicted octanol–water partition coefficient (Wildman–Crippen LogP) is 1.06. The topological polar surface area (TPSA) is 38.3 Å². The molecule has 0 aromatic rings. The molecule has 0 saturated heterocycles. The zero-order valence-corrected chi connectivity index (χ0v) is 7.54. The van der Waals surface area contributed by atoms with E-state index in [-0.39, 0.29) is 12.0 Å². The minimum Gasteiger partial charge on any atom is -0.464 e. The van der Waals surface area contributed by atoms with Gasteiger partial charge in [-0.2, -0.15) is 0 Å². The normalized spacial score (nSPS) is 27.8. The second kappa shape index (κ2) is 4.14. The summed E-state index contributed by atoms with van der Waals surface area (Å²) in [6.07, 6.45) is 4.71. The van der Waals surface area contributed by atoms with E-state index in [4.69, 9.17) is 4.74 Å². The van der Waals surface area contributed by atoms with Crippen LogP contribution in [0.25, 0.3) is 0 Å². The van der Waals surface area contributed by atoms with Gasteiger partial charge in [0.1, 0.15) is 6.04 Å². The fourth-order valence-corrected chi connectivity index (χ4v) is 1.26. The summed E-state index contributed by atoms with van der Waals surface area (Å²) >= 11 is 0. The zero-order valence-electron chi connectivity index (χ0n) is 7.54. The maximum atomic E-state index is 11.2. The molecular weight excluding hydrogens is 154 g/mol. The summed E-state index contributed by atoms with van der Waals surface area (Å²) in [5.41, 5.74) is 0. The maximum absolute atomic E-state index is 11.2. The molecule has 3 nitrogen and oxygen atoms in total. The number of carbonyl (C=O) groups is 1. The first-order chi connectivity index (χ1) is 5.74. The lowest BCUT2D eigenvalue weighted by Gasteiger charge is -2.22. The number of nitrogens with one attached hydrogen (secondary N) is 1. The second-order valence-electron chi connectivity index (χ2n) is 3.04. The molecule has 0 amide bonds. The molecule has 0 bridgehead atoms. The minimum absolute atomic E-state index is 0.145.